The first-order valence-corrected chi connectivity index (χ1v) is 11.3. The van der Waals surface area contributed by atoms with Gasteiger partial charge in [-0.1, -0.05) is 12.1 Å². The molecule has 2 amide bonds. The molecule has 2 heterocycles. The van der Waals surface area contributed by atoms with Crippen LogP contribution in [0.2, 0.25) is 0 Å². The van der Waals surface area contributed by atoms with Crippen LogP contribution in [0.5, 0.6) is 11.5 Å². The topological polar surface area (TPSA) is 97.4 Å². The molecule has 0 radical (unpaired) electrons. The van der Waals surface area contributed by atoms with Crippen LogP contribution in [-0.4, -0.2) is 80.4 Å². The summed E-state index contributed by atoms with van der Waals surface area (Å²) in [7, 11) is 1.64. The number of methoxy groups -OCH3 is 1. The third-order valence-electron chi connectivity index (χ3n) is 5.87. The zero-order valence-electron chi connectivity index (χ0n) is 19.5. The minimum Gasteiger partial charge on any atom is -0.486 e. The van der Waals surface area contributed by atoms with Crippen molar-refractivity contribution in [2.24, 2.45) is 0 Å². The van der Waals surface area contributed by atoms with Gasteiger partial charge in [0.25, 0.3) is 5.91 Å². The molecular formula is C25H29N3O6. The molecule has 9 nitrogen and oxygen atoms in total. The Bertz CT molecular complexity index is 1060. The molecule has 1 N–H and O–H groups in total. The number of benzene rings is 2. The van der Waals surface area contributed by atoms with E-state index in [1.165, 1.54) is 6.92 Å². The van der Waals surface area contributed by atoms with E-state index in [0.717, 1.165) is 5.56 Å². The largest absolute Gasteiger partial charge is 0.486 e. The fourth-order valence-electron chi connectivity index (χ4n) is 4.08. The molecule has 0 atom stereocenters. The molecule has 1 fully saturated rings. The predicted molar refractivity (Wildman–Crippen MR) is 126 cm³/mol. The quantitative estimate of drug-likeness (QED) is 0.624. The molecule has 2 aliphatic heterocycles. The van der Waals surface area contributed by atoms with Gasteiger partial charge < -0.3 is 24.4 Å². The third kappa shape index (κ3) is 5.55. The summed E-state index contributed by atoms with van der Waals surface area (Å²) in [5.41, 5.74) is 2.44. The number of nitrogens with one attached hydrogen (secondary N) is 1. The normalized spacial score (nSPS) is 15.6. The molecule has 0 bridgehead atoms. The van der Waals surface area contributed by atoms with E-state index in [9.17, 15) is 14.4 Å². The van der Waals surface area contributed by atoms with E-state index in [2.05, 4.69) is 5.32 Å². The average Bonchev–Trinajstić information content (AvgIpc) is 2.84. The first-order valence-electron chi connectivity index (χ1n) is 11.3. The van der Waals surface area contributed by atoms with Crippen molar-refractivity contribution >= 4 is 23.3 Å². The van der Waals surface area contributed by atoms with E-state index < -0.39 is 0 Å². The van der Waals surface area contributed by atoms with Gasteiger partial charge in [-0.2, -0.15) is 0 Å². The molecule has 0 spiro atoms. The summed E-state index contributed by atoms with van der Waals surface area (Å²) < 4.78 is 16.2. The molecule has 2 aliphatic rings. The number of piperazine rings is 1. The van der Waals surface area contributed by atoms with Gasteiger partial charge >= 0.3 is 0 Å². The Morgan fingerprint density at radius 3 is 2.24 bits per heavy atom. The summed E-state index contributed by atoms with van der Waals surface area (Å²) in [5.74, 6) is 0.593. The highest BCUT2D eigenvalue weighted by Crippen LogP contribution is 2.35. The van der Waals surface area contributed by atoms with Crippen LogP contribution in [-0.2, 0) is 16.1 Å². The molecule has 4 rings (SSSR count). The van der Waals surface area contributed by atoms with Gasteiger partial charge in [-0.05, 0) is 30.7 Å². The highest BCUT2D eigenvalue weighted by Gasteiger charge is 2.24. The van der Waals surface area contributed by atoms with Gasteiger partial charge in [0.15, 0.2) is 17.3 Å². The SMILES string of the molecule is COCc1ccc(C(=O)N2CCN(CC(=O)Nc3cc4c(cc3C(C)=O)OCCO4)CC2)cc1. The number of ketones is 1. The number of carbonyl (C=O) groups excluding carboxylic acids is 3. The zero-order valence-corrected chi connectivity index (χ0v) is 19.5. The summed E-state index contributed by atoms with van der Waals surface area (Å²) in [6, 6.07) is 10.7. The maximum atomic E-state index is 12.8. The van der Waals surface area contributed by atoms with Crippen LogP contribution >= 0.6 is 0 Å². The van der Waals surface area contributed by atoms with Gasteiger partial charge in [0.2, 0.25) is 5.91 Å². The van der Waals surface area contributed by atoms with Gasteiger partial charge in [-0.3, -0.25) is 19.3 Å². The van der Waals surface area contributed by atoms with Crippen molar-refractivity contribution < 1.29 is 28.6 Å². The molecule has 0 aliphatic carbocycles. The molecule has 9 heteroatoms. The van der Waals surface area contributed by atoms with E-state index in [-0.39, 0.29) is 24.1 Å². The number of nitrogens with zero attached hydrogens (tertiary/aromatic N) is 2. The van der Waals surface area contributed by atoms with Gasteiger partial charge in [-0.15, -0.1) is 0 Å². The molecule has 0 aromatic heterocycles. The predicted octanol–water partition coefficient (Wildman–Crippen LogP) is 2.20. The van der Waals surface area contributed by atoms with Crippen LogP contribution in [0.4, 0.5) is 5.69 Å². The van der Waals surface area contributed by atoms with Crippen LogP contribution in [0.3, 0.4) is 0 Å². The Labute approximate surface area is 198 Å². The molecule has 0 unspecified atom stereocenters. The number of ether oxygens (including phenoxy) is 3. The van der Waals surface area contributed by atoms with E-state index in [4.69, 9.17) is 14.2 Å². The fraction of sp³-hybridized carbons (Fsp3) is 0.400. The summed E-state index contributed by atoms with van der Waals surface area (Å²) in [6.45, 7) is 5.20. The maximum absolute atomic E-state index is 12.8. The van der Waals surface area contributed by atoms with Crippen LogP contribution in [0.25, 0.3) is 0 Å². The molecule has 34 heavy (non-hydrogen) atoms. The van der Waals surface area contributed by atoms with Gasteiger partial charge in [0.05, 0.1) is 18.8 Å². The number of Topliss-reactive ketones (excluding diaryl/α,β-unsaturated/α-hetero) is 1. The average molecular weight is 468 g/mol. The van der Waals surface area contributed by atoms with Gasteiger partial charge in [0.1, 0.15) is 13.2 Å². The third-order valence-corrected chi connectivity index (χ3v) is 5.87. The van der Waals surface area contributed by atoms with E-state index >= 15 is 0 Å². The Morgan fingerprint density at radius 2 is 1.62 bits per heavy atom. The second-order valence-electron chi connectivity index (χ2n) is 8.34. The Balaban J connectivity index is 1.32. The molecule has 1 saturated heterocycles. The Morgan fingerprint density at radius 1 is 0.971 bits per heavy atom. The Hall–Kier alpha value is -3.43. The number of anilines is 1. The minimum atomic E-state index is -0.229. The highest BCUT2D eigenvalue weighted by molar-refractivity contribution is 6.05. The van der Waals surface area contributed by atoms with Crippen LogP contribution in [0, 0.1) is 0 Å². The van der Waals surface area contributed by atoms with Gasteiger partial charge in [0, 0.05) is 50.5 Å². The standard InChI is InChI=1S/C25H29N3O6/c1-17(29)20-13-22-23(34-12-11-33-22)14-21(20)26-24(30)15-27-7-9-28(10-8-27)25(31)19-5-3-18(4-6-19)16-32-2/h3-6,13-14H,7-12,15-16H2,1-2H3,(H,26,30). The lowest BCUT2D eigenvalue weighted by Gasteiger charge is -2.34. The lowest BCUT2D eigenvalue weighted by molar-refractivity contribution is -0.117. The summed E-state index contributed by atoms with van der Waals surface area (Å²) in [5, 5.41) is 2.84. The number of carbonyl (C=O) groups is 3. The monoisotopic (exact) mass is 467 g/mol. The smallest absolute Gasteiger partial charge is 0.253 e. The Kier molecular flexibility index (Phi) is 7.44. The van der Waals surface area contributed by atoms with Crippen LogP contribution in [0.1, 0.15) is 33.2 Å². The first kappa shape index (κ1) is 23.7. The van der Waals surface area contributed by atoms with E-state index in [1.807, 2.05) is 29.2 Å². The molecule has 2 aromatic rings. The maximum Gasteiger partial charge on any atom is 0.253 e. The number of rotatable bonds is 7. The lowest BCUT2D eigenvalue weighted by Crippen LogP contribution is -2.50. The lowest BCUT2D eigenvalue weighted by atomic mass is 10.1. The molecule has 0 saturated carbocycles. The second-order valence-corrected chi connectivity index (χ2v) is 8.34. The molecule has 2 aromatic carbocycles. The fourth-order valence-corrected chi connectivity index (χ4v) is 4.08. The van der Waals surface area contributed by atoms with Crippen molar-refractivity contribution in [3.8, 4) is 11.5 Å². The zero-order chi connectivity index (χ0) is 24.1. The van der Waals surface area contributed by atoms with Crippen molar-refractivity contribution in [3.63, 3.8) is 0 Å². The summed E-state index contributed by atoms with van der Waals surface area (Å²) in [6.07, 6.45) is 0. The number of hydrogen-bond donors (Lipinski definition) is 1. The number of hydrogen-bond acceptors (Lipinski definition) is 7. The van der Waals surface area contributed by atoms with E-state index in [1.54, 1.807) is 24.1 Å². The van der Waals surface area contributed by atoms with Crippen molar-refractivity contribution in [2.45, 2.75) is 13.5 Å². The van der Waals surface area contributed by atoms with Crippen LogP contribution in [0.15, 0.2) is 36.4 Å². The molecular weight excluding hydrogens is 438 g/mol. The van der Waals surface area contributed by atoms with Gasteiger partial charge in [-0.25, -0.2) is 0 Å². The summed E-state index contributed by atoms with van der Waals surface area (Å²) >= 11 is 0. The van der Waals surface area contributed by atoms with Crippen molar-refractivity contribution in [1.82, 2.24) is 9.80 Å². The second kappa shape index (κ2) is 10.7. The summed E-state index contributed by atoms with van der Waals surface area (Å²) in [4.78, 5) is 41.4. The molecule has 180 valence electrons. The van der Waals surface area contributed by atoms with Crippen molar-refractivity contribution in [1.29, 1.82) is 0 Å². The van der Waals surface area contributed by atoms with Crippen molar-refractivity contribution in [3.05, 3.63) is 53.1 Å². The number of fused-ring (bicyclic) bond motifs is 1. The highest BCUT2D eigenvalue weighted by atomic mass is 16.6. The minimum absolute atomic E-state index is 0.0181. The number of amides is 2. The first-order chi connectivity index (χ1) is 16.4. The van der Waals surface area contributed by atoms with Crippen molar-refractivity contribution in [2.75, 3.05) is 58.4 Å². The van der Waals surface area contributed by atoms with Crippen LogP contribution < -0.4 is 14.8 Å². The van der Waals surface area contributed by atoms with E-state index in [0.29, 0.717) is 74.3 Å².